The fraction of sp³-hybridized carbons (Fsp3) is 0.562. The molecule has 20 heavy (non-hydrogen) atoms. The summed E-state index contributed by atoms with van der Waals surface area (Å²) in [5.41, 5.74) is 2.51. The fourth-order valence-electron chi connectivity index (χ4n) is 3.19. The zero-order valence-electron chi connectivity index (χ0n) is 12.1. The Hall–Kier alpha value is -1.55. The van der Waals surface area contributed by atoms with E-state index in [0.29, 0.717) is 6.61 Å². The molecule has 1 amide bonds. The topological polar surface area (TPSA) is 38.8 Å². The number of fused-ring (bicyclic) bond motifs is 1. The first-order chi connectivity index (χ1) is 9.70. The number of carbonyl (C=O) groups excluding carboxylic acids is 1. The molecule has 2 aliphatic heterocycles. The zero-order valence-corrected chi connectivity index (χ0v) is 12.1. The van der Waals surface area contributed by atoms with Gasteiger partial charge in [0.25, 0.3) is 5.91 Å². The minimum absolute atomic E-state index is 0.112. The van der Waals surface area contributed by atoms with Gasteiger partial charge in [0, 0.05) is 13.2 Å². The van der Waals surface area contributed by atoms with Gasteiger partial charge in [0.05, 0.1) is 13.2 Å². The Morgan fingerprint density at radius 2 is 2.30 bits per heavy atom. The first kappa shape index (κ1) is 13.4. The molecule has 2 heterocycles. The van der Waals surface area contributed by atoms with E-state index in [1.54, 1.807) is 7.11 Å². The van der Waals surface area contributed by atoms with Crippen molar-refractivity contribution >= 4 is 5.91 Å². The van der Waals surface area contributed by atoms with Crippen LogP contribution in [0.15, 0.2) is 18.2 Å². The van der Waals surface area contributed by atoms with E-state index in [9.17, 15) is 4.79 Å². The third-order valence-electron chi connectivity index (χ3n) is 4.38. The molecule has 0 aromatic heterocycles. The first-order valence-electron chi connectivity index (χ1n) is 7.29. The maximum atomic E-state index is 12.5. The van der Waals surface area contributed by atoms with Gasteiger partial charge < -0.3 is 14.4 Å². The molecule has 0 aliphatic carbocycles. The van der Waals surface area contributed by atoms with Gasteiger partial charge in [-0.2, -0.15) is 0 Å². The summed E-state index contributed by atoms with van der Waals surface area (Å²) < 4.78 is 10.8. The van der Waals surface area contributed by atoms with Gasteiger partial charge >= 0.3 is 0 Å². The second-order valence-corrected chi connectivity index (χ2v) is 5.52. The lowest BCUT2D eigenvalue weighted by molar-refractivity contribution is -0.143. The van der Waals surface area contributed by atoms with Crippen molar-refractivity contribution in [3.8, 4) is 5.75 Å². The van der Waals surface area contributed by atoms with Gasteiger partial charge in [0.2, 0.25) is 0 Å². The molecule has 4 nitrogen and oxygen atoms in total. The van der Waals surface area contributed by atoms with Crippen LogP contribution in [0.1, 0.15) is 36.9 Å². The van der Waals surface area contributed by atoms with Crippen molar-refractivity contribution < 1.29 is 14.3 Å². The molecule has 2 atom stereocenters. The average Bonchev–Trinajstić information content (AvgIpc) is 3.01. The van der Waals surface area contributed by atoms with E-state index < -0.39 is 0 Å². The van der Waals surface area contributed by atoms with Crippen molar-refractivity contribution in [3.63, 3.8) is 0 Å². The van der Waals surface area contributed by atoms with Crippen molar-refractivity contribution in [2.24, 2.45) is 0 Å². The number of hydrogen-bond donors (Lipinski definition) is 0. The van der Waals surface area contributed by atoms with Gasteiger partial charge in [-0.05, 0) is 49.4 Å². The van der Waals surface area contributed by atoms with Crippen LogP contribution in [-0.4, -0.2) is 37.2 Å². The van der Waals surface area contributed by atoms with Gasteiger partial charge in [0.1, 0.15) is 11.9 Å². The zero-order chi connectivity index (χ0) is 14.1. The summed E-state index contributed by atoms with van der Waals surface area (Å²) in [6.07, 6.45) is 2.51. The summed E-state index contributed by atoms with van der Waals surface area (Å²) in [5.74, 6) is 1.03. The molecule has 1 aromatic rings. The summed E-state index contributed by atoms with van der Waals surface area (Å²) in [7, 11) is 1.68. The molecule has 0 bridgehead atoms. The summed E-state index contributed by atoms with van der Waals surface area (Å²) in [6, 6.07) is 6.24. The van der Waals surface area contributed by atoms with Crippen molar-refractivity contribution in [1.29, 1.82) is 0 Å². The fourth-order valence-corrected chi connectivity index (χ4v) is 3.19. The number of nitrogens with zero attached hydrogens (tertiary/aromatic N) is 1. The minimum atomic E-state index is -0.225. The van der Waals surface area contributed by atoms with Crippen LogP contribution in [0.25, 0.3) is 0 Å². The highest BCUT2D eigenvalue weighted by Crippen LogP contribution is 2.33. The van der Waals surface area contributed by atoms with E-state index >= 15 is 0 Å². The number of hydrogen-bond acceptors (Lipinski definition) is 3. The van der Waals surface area contributed by atoms with E-state index in [1.165, 1.54) is 11.1 Å². The summed E-state index contributed by atoms with van der Waals surface area (Å²) in [6.45, 7) is 3.57. The summed E-state index contributed by atoms with van der Waals surface area (Å²) in [4.78, 5) is 14.5. The SMILES string of the molecule is COc1ccc2c(c1)CCN(C(=O)C1CCCO1)C2C. The summed E-state index contributed by atoms with van der Waals surface area (Å²) in [5, 5.41) is 0. The molecular weight excluding hydrogens is 254 g/mol. The molecule has 2 unspecified atom stereocenters. The Morgan fingerprint density at radius 1 is 1.45 bits per heavy atom. The van der Waals surface area contributed by atoms with Gasteiger partial charge in [-0.25, -0.2) is 0 Å². The molecule has 2 aliphatic rings. The second kappa shape index (κ2) is 5.44. The normalized spacial score (nSPS) is 25.4. The highest BCUT2D eigenvalue weighted by atomic mass is 16.5. The van der Waals surface area contributed by atoms with Gasteiger partial charge in [0.15, 0.2) is 0 Å². The number of methoxy groups -OCH3 is 1. The molecule has 4 heteroatoms. The van der Waals surface area contributed by atoms with E-state index in [4.69, 9.17) is 9.47 Å². The Labute approximate surface area is 119 Å². The van der Waals surface area contributed by atoms with Crippen LogP contribution >= 0.6 is 0 Å². The number of amides is 1. The highest BCUT2D eigenvalue weighted by Gasteiger charge is 2.34. The largest absolute Gasteiger partial charge is 0.497 e. The predicted octanol–water partition coefficient (Wildman–Crippen LogP) is 2.32. The van der Waals surface area contributed by atoms with E-state index in [-0.39, 0.29) is 18.1 Å². The van der Waals surface area contributed by atoms with E-state index in [2.05, 4.69) is 19.1 Å². The van der Waals surface area contributed by atoms with E-state index in [0.717, 1.165) is 31.6 Å². The Bertz CT molecular complexity index is 508. The molecule has 0 N–H and O–H groups in total. The van der Waals surface area contributed by atoms with Gasteiger partial charge in [-0.15, -0.1) is 0 Å². The average molecular weight is 275 g/mol. The predicted molar refractivity (Wildman–Crippen MR) is 75.8 cm³/mol. The van der Waals surface area contributed by atoms with Crippen LogP contribution in [0, 0.1) is 0 Å². The van der Waals surface area contributed by atoms with Gasteiger partial charge in [-0.3, -0.25) is 4.79 Å². The number of rotatable bonds is 2. The van der Waals surface area contributed by atoms with Crippen molar-refractivity contribution in [2.45, 2.75) is 38.3 Å². The molecule has 1 aromatic carbocycles. The maximum absolute atomic E-state index is 12.5. The second-order valence-electron chi connectivity index (χ2n) is 5.52. The van der Waals surface area contributed by atoms with E-state index in [1.807, 2.05) is 11.0 Å². The van der Waals surface area contributed by atoms with Crippen LogP contribution in [0.2, 0.25) is 0 Å². The molecule has 0 saturated carbocycles. The maximum Gasteiger partial charge on any atom is 0.252 e. The monoisotopic (exact) mass is 275 g/mol. The molecule has 0 spiro atoms. The standard InChI is InChI=1S/C16H21NO3/c1-11-14-6-5-13(19-2)10-12(14)7-8-17(11)16(18)15-4-3-9-20-15/h5-6,10-11,15H,3-4,7-9H2,1-2H3. The van der Waals surface area contributed by atoms with Crippen molar-refractivity contribution in [2.75, 3.05) is 20.3 Å². The highest BCUT2D eigenvalue weighted by molar-refractivity contribution is 5.82. The third kappa shape index (κ3) is 2.29. The molecule has 1 fully saturated rings. The molecule has 0 radical (unpaired) electrons. The number of benzene rings is 1. The summed E-state index contributed by atoms with van der Waals surface area (Å²) >= 11 is 0. The van der Waals surface area contributed by atoms with Crippen LogP contribution in [0.5, 0.6) is 5.75 Å². The lowest BCUT2D eigenvalue weighted by atomic mass is 9.92. The van der Waals surface area contributed by atoms with Crippen LogP contribution < -0.4 is 4.74 Å². The van der Waals surface area contributed by atoms with Crippen LogP contribution in [0.4, 0.5) is 0 Å². The lowest BCUT2D eigenvalue weighted by Gasteiger charge is -2.36. The van der Waals surface area contributed by atoms with Gasteiger partial charge in [-0.1, -0.05) is 6.07 Å². The van der Waals surface area contributed by atoms with Crippen LogP contribution in [0.3, 0.4) is 0 Å². The number of carbonyl (C=O) groups is 1. The Balaban J connectivity index is 1.81. The minimum Gasteiger partial charge on any atom is -0.497 e. The number of ether oxygens (including phenoxy) is 2. The molecule has 1 saturated heterocycles. The quantitative estimate of drug-likeness (QED) is 0.831. The Morgan fingerprint density at radius 3 is 3.00 bits per heavy atom. The first-order valence-corrected chi connectivity index (χ1v) is 7.29. The molecule has 3 rings (SSSR count). The third-order valence-corrected chi connectivity index (χ3v) is 4.38. The lowest BCUT2D eigenvalue weighted by Crippen LogP contribution is -2.44. The molecule has 108 valence electrons. The molecular formula is C16H21NO3. The van der Waals surface area contributed by atoms with Crippen molar-refractivity contribution in [1.82, 2.24) is 4.90 Å². The van der Waals surface area contributed by atoms with Crippen molar-refractivity contribution in [3.05, 3.63) is 29.3 Å². The van der Waals surface area contributed by atoms with Crippen LogP contribution in [-0.2, 0) is 16.0 Å². The smallest absolute Gasteiger partial charge is 0.252 e. The Kier molecular flexibility index (Phi) is 3.66.